The van der Waals surface area contributed by atoms with Crippen LogP contribution in [-0.2, 0) is 17.8 Å². The third-order valence-corrected chi connectivity index (χ3v) is 4.45. The van der Waals surface area contributed by atoms with Crippen LogP contribution >= 0.6 is 0 Å². The summed E-state index contributed by atoms with van der Waals surface area (Å²) in [5.74, 6) is 0.269. The number of pyridine rings is 1. The van der Waals surface area contributed by atoms with Crippen LogP contribution in [0.5, 0.6) is 0 Å². The molecule has 0 spiro atoms. The van der Waals surface area contributed by atoms with Crippen molar-refractivity contribution in [2.45, 2.75) is 45.3 Å². The molecule has 108 valence electrons. The Morgan fingerprint density at radius 2 is 2.20 bits per heavy atom. The van der Waals surface area contributed by atoms with Crippen LogP contribution in [0.25, 0.3) is 0 Å². The molecule has 5 nitrogen and oxygen atoms in total. The quantitative estimate of drug-likeness (QED) is 0.875. The molecule has 1 aromatic heterocycles. The van der Waals surface area contributed by atoms with Gasteiger partial charge in [0.25, 0.3) is 0 Å². The van der Waals surface area contributed by atoms with Crippen LogP contribution in [0.2, 0.25) is 0 Å². The molecule has 1 saturated heterocycles. The van der Waals surface area contributed by atoms with Gasteiger partial charge in [0.05, 0.1) is 6.04 Å². The number of likely N-dealkylation sites (tertiary alicyclic amines) is 1. The second-order valence-electron chi connectivity index (χ2n) is 5.98. The van der Waals surface area contributed by atoms with E-state index < -0.39 is 0 Å². The van der Waals surface area contributed by atoms with Gasteiger partial charge in [0.2, 0.25) is 5.91 Å². The molecule has 0 saturated carbocycles. The fraction of sp³-hybridized carbons (Fsp3) is 0.600. The molecule has 0 radical (unpaired) electrons. The van der Waals surface area contributed by atoms with Crippen LogP contribution in [0.4, 0.5) is 5.69 Å². The number of nitrogens with zero attached hydrogens (tertiary/aromatic N) is 3. The van der Waals surface area contributed by atoms with E-state index in [1.165, 1.54) is 0 Å². The number of carbonyl (C=O) groups is 1. The molecule has 5 heteroatoms. The van der Waals surface area contributed by atoms with Gasteiger partial charge in [-0.25, -0.2) is 0 Å². The average Bonchev–Trinajstić information content (AvgIpc) is 2.81. The van der Waals surface area contributed by atoms with Crippen molar-refractivity contribution in [1.29, 1.82) is 0 Å². The summed E-state index contributed by atoms with van der Waals surface area (Å²) in [4.78, 5) is 21.1. The highest BCUT2D eigenvalue weighted by Crippen LogP contribution is 2.27. The number of nitrogen functional groups attached to an aromatic ring is 1. The molecule has 1 aromatic rings. The first-order valence-corrected chi connectivity index (χ1v) is 7.34. The summed E-state index contributed by atoms with van der Waals surface area (Å²) in [5, 5.41) is 0. The number of hydrogen-bond acceptors (Lipinski definition) is 4. The molecule has 1 unspecified atom stereocenters. The zero-order valence-corrected chi connectivity index (χ0v) is 12.2. The number of fused-ring (bicyclic) bond motifs is 1. The summed E-state index contributed by atoms with van der Waals surface area (Å²) < 4.78 is 0. The topological polar surface area (TPSA) is 62.5 Å². The SMILES string of the molecule is CC(C)N1CCC(N2CCc3nccc(N)c3C2)C1=O. The van der Waals surface area contributed by atoms with Gasteiger partial charge in [-0.3, -0.25) is 14.7 Å². The molecule has 1 fully saturated rings. The molecule has 0 aromatic carbocycles. The van der Waals surface area contributed by atoms with Crippen LogP contribution in [0.1, 0.15) is 31.5 Å². The molecule has 3 rings (SSSR count). The number of hydrogen-bond donors (Lipinski definition) is 1. The van der Waals surface area contributed by atoms with E-state index in [1.807, 2.05) is 11.0 Å². The first-order chi connectivity index (χ1) is 9.58. The van der Waals surface area contributed by atoms with Crippen molar-refractivity contribution >= 4 is 11.6 Å². The van der Waals surface area contributed by atoms with Crippen molar-refractivity contribution in [2.24, 2.45) is 0 Å². The van der Waals surface area contributed by atoms with Gasteiger partial charge in [-0.05, 0) is 26.3 Å². The molecule has 2 aliphatic rings. The Labute approximate surface area is 119 Å². The fourth-order valence-corrected chi connectivity index (χ4v) is 3.29. The molecule has 2 N–H and O–H groups in total. The number of anilines is 1. The Kier molecular flexibility index (Phi) is 3.38. The fourth-order valence-electron chi connectivity index (χ4n) is 3.29. The van der Waals surface area contributed by atoms with E-state index in [-0.39, 0.29) is 18.0 Å². The summed E-state index contributed by atoms with van der Waals surface area (Å²) in [7, 11) is 0. The minimum Gasteiger partial charge on any atom is -0.398 e. The number of carbonyl (C=O) groups excluding carboxylic acids is 1. The van der Waals surface area contributed by atoms with Gasteiger partial charge in [-0.15, -0.1) is 0 Å². The maximum atomic E-state index is 12.5. The van der Waals surface area contributed by atoms with Gasteiger partial charge in [-0.1, -0.05) is 0 Å². The van der Waals surface area contributed by atoms with Gasteiger partial charge in [0.15, 0.2) is 0 Å². The lowest BCUT2D eigenvalue weighted by atomic mass is 10.0. The second kappa shape index (κ2) is 5.05. The van der Waals surface area contributed by atoms with Crippen molar-refractivity contribution in [1.82, 2.24) is 14.8 Å². The number of nitrogens with two attached hydrogens (primary N) is 1. The maximum Gasteiger partial charge on any atom is 0.240 e. The Bertz CT molecular complexity index is 529. The normalized spacial score (nSPS) is 23.4. The van der Waals surface area contributed by atoms with Gasteiger partial charge < -0.3 is 10.6 Å². The van der Waals surface area contributed by atoms with Gasteiger partial charge in [0.1, 0.15) is 0 Å². The van der Waals surface area contributed by atoms with Crippen LogP contribution in [0.3, 0.4) is 0 Å². The Balaban J connectivity index is 1.78. The number of aromatic nitrogens is 1. The van der Waals surface area contributed by atoms with E-state index >= 15 is 0 Å². The Morgan fingerprint density at radius 3 is 2.90 bits per heavy atom. The van der Waals surface area contributed by atoms with Crippen LogP contribution < -0.4 is 5.73 Å². The second-order valence-corrected chi connectivity index (χ2v) is 5.98. The summed E-state index contributed by atoms with van der Waals surface area (Å²) in [6.45, 7) is 6.66. The lowest BCUT2D eigenvalue weighted by Crippen LogP contribution is -2.45. The number of rotatable bonds is 2. The molecular weight excluding hydrogens is 252 g/mol. The minimum atomic E-state index is 0.0187. The average molecular weight is 274 g/mol. The van der Waals surface area contributed by atoms with Crippen LogP contribution in [-0.4, -0.2) is 45.9 Å². The van der Waals surface area contributed by atoms with Crippen LogP contribution in [0, 0.1) is 0 Å². The standard InChI is InChI=1S/C15H22N4O/c1-10(2)19-8-5-14(15(19)20)18-7-4-13-11(9-18)12(16)3-6-17-13/h3,6,10,14H,4-5,7-9H2,1-2H3,(H2,16,17). The van der Waals surface area contributed by atoms with E-state index in [1.54, 1.807) is 6.20 Å². The molecule has 3 heterocycles. The van der Waals surface area contributed by atoms with Crippen molar-refractivity contribution < 1.29 is 4.79 Å². The highest BCUT2D eigenvalue weighted by atomic mass is 16.2. The lowest BCUT2D eigenvalue weighted by Gasteiger charge is -2.33. The van der Waals surface area contributed by atoms with Crippen molar-refractivity contribution in [2.75, 3.05) is 18.8 Å². The Morgan fingerprint density at radius 1 is 1.40 bits per heavy atom. The molecule has 0 aliphatic carbocycles. The predicted molar refractivity (Wildman–Crippen MR) is 78.0 cm³/mol. The molecular formula is C15H22N4O. The zero-order valence-electron chi connectivity index (χ0n) is 12.2. The first kappa shape index (κ1) is 13.4. The van der Waals surface area contributed by atoms with E-state index in [9.17, 15) is 4.79 Å². The largest absolute Gasteiger partial charge is 0.398 e. The minimum absolute atomic E-state index is 0.0187. The van der Waals surface area contributed by atoms with E-state index in [4.69, 9.17) is 5.73 Å². The van der Waals surface area contributed by atoms with Gasteiger partial charge in [0, 0.05) is 55.2 Å². The summed E-state index contributed by atoms with van der Waals surface area (Å²) in [6.07, 6.45) is 3.57. The zero-order chi connectivity index (χ0) is 14.3. The summed E-state index contributed by atoms with van der Waals surface area (Å²) in [6, 6.07) is 2.15. The van der Waals surface area contributed by atoms with Crippen molar-refractivity contribution in [3.8, 4) is 0 Å². The maximum absolute atomic E-state index is 12.5. The highest BCUT2D eigenvalue weighted by molar-refractivity contribution is 5.84. The third kappa shape index (κ3) is 2.16. The van der Waals surface area contributed by atoms with E-state index in [0.29, 0.717) is 0 Å². The smallest absolute Gasteiger partial charge is 0.240 e. The molecule has 0 bridgehead atoms. The van der Waals surface area contributed by atoms with Gasteiger partial charge >= 0.3 is 0 Å². The molecule has 2 aliphatic heterocycles. The van der Waals surface area contributed by atoms with Crippen molar-refractivity contribution in [3.63, 3.8) is 0 Å². The predicted octanol–water partition coefficient (Wildman–Crippen LogP) is 1.03. The Hall–Kier alpha value is -1.62. The highest BCUT2D eigenvalue weighted by Gasteiger charge is 2.38. The van der Waals surface area contributed by atoms with E-state index in [2.05, 4.69) is 23.7 Å². The van der Waals surface area contributed by atoms with Gasteiger partial charge in [-0.2, -0.15) is 0 Å². The van der Waals surface area contributed by atoms with Crippen molar-refractivity contribution in [3.05, 3.63) is 23.5 Å². The molecule has 20 heavy (non-hydrogen) atoms. The van der Waals surface area contributed by atoms with E-state index in [0.717, 1.165) is 49.4 Å². The number of amides is 1. The first-order valence-electron chi connectivity index (χ1n) is 7.34. The summed E-state index contributed by atoms with van der Waals surface area (Å²) >= 11 is 0. The lowest BCUT2D eigenvalue weighted by molar-refractivity contribution is -0.133. The summed E-state index contributed by atoms with van der Waals surface area (Å²) in [5.41, 5.74) is 9.04. The monoisotopic (exact) mass is 274 g/mol. The molecule has 1 atom stereocenters. The van der Waals surface area contributed by atoms with Crippen LogP contribution in [0.15, 0.2) is 12.3 Å². The molecule has 1 amide bonds. The third-order valence-electron chi connectivity index (χ3n) is 4.45.